The number of furan rings is 1. The summed E-state index contributed by atoms with van der Waals surface area (Å²) in [6.07, 6.45) is 1.34. The van der Waals surface area contributed by atoms with Crippen molar-refractivity contribution in [1.29, 1.82) is 0 Å². The Morgan fingerprint density at radius 3 is 2.35 bits per heavy atom. The Hall–Kier alpha value is -4.62. The Kier molecular flexibility index (Phi) is 7.71. The number of benzene rings is 2. The molecule has 13 heteroatoms. The van der Waals surface area contributed by atoms with Crippen LogP contribution in [0.4, 0.5) is 5.69 Å². The number of nitrogens with zero attached hydrogens (tertiary/aromatic N) is 2. The summed E-state index contributed by atoms with van der Waals surface area (Å²) in [6.45, 7) is 6.53. The lowest BCUT2D eigenvalue weighted by Gasteiger charge is -2.22. The fraction of sp³-hybridized carbons (Fsp3) is 0.222. The molecule has 0 aliphatic rings. The van der Waals surface area contributed by atoms with Crippen LogP contribution in [-0.4, -0.2) is 47.8 Å². The van der Waals surface area contributed by atoms with Crippen LogP contribution in [0.2, 0.25) is 0 Å². The molecule has 3 N–H and O–H groups in total. The van der Waals surface area contributed by atoms with Crippen LogP contribution < -0.4 is 19.5 Å². The van der Waals surface area contributed by atoms with E-state index in [4.69, 9.17) is 13.9 Å². The lowest BCUT2D eigenvalue weighted by Crippen LogP contribution is -2.40. The monoisotopic (exact) mass is 568 g/mol. The molecule has 0 saturated heterocycles. The number of hydrogen-bond acceptors (Lipinski definition) is 8. The first-order chi connectivity index (χ1) is 18.8. The number of aromatic nitrogens is 2. The minimum absolute atomic E-state index is 0.0119. The number of nitrogens with one attached hydrogen (secondary N) is 2. The first-order valence-electron chi connectivity index (χ1n) is 12.0. The molecule has 1 amide bonds. The molecule has 0 aliphatic heterocycles. The molecule has 2 heterocycles. The molecule has 0 spiro atoms. The molecular weight excluding hydrogens is 540 g/mol. The maximum absolute atomic E-state index is 13.5. The Morgan fingerprint density at radius 2 is 1.77 bits per heavy atom. The van der Waals surface area contributed by atoms with Gasteiger partial charge in [-0.1, -0.05) is 0 Å². The van der Waals surface area contributed by atoms with Gasteiger partial charge < -0.3 is 24.3 Å². The second kappa shape index (κ2) is 10.9. The third-order valence-electron chi connectivity index (χ3n) is 5.47. The number of carbonyl (C=O) groups is 2. The second-order valence-electron chi connectivity index (χ2n) is 9.74. The molecule has 0 fully saturated rings. The number of sulfonamides is 1. The van der Waals surface area contributed by atoms with Crippen molar-refractivity contribution in [2.45, 2.75) is 38.1 Å². The van der Waals surface area contributed by atoms with E-state index in [1.807, 2.05) is 0 Å². The van der Waals surface area contributed by atoms with Gasteiger partial charge in [0, 0.05) is 16.8 Å². The first kappa shape index (κ1) is 28.4. The van der Waals surface area contributed by atoms with Crippen molar-refractivity contribution >= 4 is 27.6 Å². The quantitative estimate of drug-likeness (QED) is 0.262. The molecule has 0 unspecified atom stereocenters. The fourth-order valence-corrected chi connectivity index (χ4v) is 5.32. The zero-order valence-electron chi connectivity index (χ0n) is 22.4. The molecule has 2 aromatic heterocycles. The number of anilines is 1. The van der Waals surface area contributed by atoms with Crippen LogP contribution in [0.3, 0.4) is 0 Å². The van der Waals surface area contributed by atoms with Gasteiger partial charge in [-0.05, 0) is 82.3 Å². The molecule has 0 atom stereocenters. The first-order valence-corrected chi connectivity index (χ1v) is 13.5. The van der Waals surface area contributed by atoms with Crippen LogP contribution in [0.25, 0.3) is 5.69 Å². The number of carboxylic acids is 1. The van der Waals surface area contributed by atoms with Gasteiger partial charge in [-0.3, -0.25) is 4.79 Å². The highest BCUT2D eigenvalue weighted by Gasteiger charge is 2.29. The van der Waals surface area contributed by atoms with Crippen molar-refractivity contribution in [3.8, 4) is 23.1 Å². The average Bonchev–Trinajstić information content (AvgIpc) is 3.53. The Labute approximate surface area is 230 Å². The summed E-state index contributed by atoms with van der Waals surface area (Å²) < 4.78 is 47.2. The van der Waals surface area contributed by atoms with Crippen molar-refractivity contribution in [2.24, 2.45) is 0 Å². The van der Waals surface area contributed by atoms with Gasteiger partial charge in [0.25, 0.3) is 5.91 Å². The van der Waals surface area contributed by atoms with E-state index in [-0.39, 0.29) is 39.2 Å². The van der Waals surface area contributed by atoms with Gasteiger partial charge in [-0.25, -0.2) is 17.9 Å². The smallest absolute Gasteiger partial charge is 0.356 e. The molecule has 0 aliphatic carbocycles. The number of rotatable bonds is 9. The topological polar surface area (TPSA) is 162 Å². The van der Waals surface area contributed by atoms with Gasteiger partial charge >= 0.3 is 5.97 Å². The van der Waals surface area contributed by atoms with Crippen LogP contribution >= 0.6 is 0 Å². The van der Waals surface area contributed by atoms with Gasteiger partial charge in [0.15, 0.2) is 11.5 Å². The predicted octanol–water partition coefficient (Wildman–Crippen LogP) is 4.60. The summed E-state index contributed by atoms with van der Waals surface area (Å²) in [5, 5.41) is 16.5. The number of methoxy groups -OCH3 is 1. The van der Waals surface area contributed by atoms with Crippen LogP contribution in [0.5, 0.6) is 17.4 Å². The summed E-state index contributed by atoms with van der Waals surface area (Å²) in [7, 11) is -2.69. The van der Waals surface area contributed by atoms with Gasteiger partial charge in [0.05, 0.1) is 19.1 Å². The van der Waals surface area contributed by atoms with E-state index in [2.05, 4.69) is 15.1 Å². The minimum atomic E-state index is -4.20. The minimum Gasteiger partial charge on any atom is -0.497 e. The fourth-order valence-electron chi connectivity index (χ4n) is 3.74. The van der Waals surface area contributed by atoms with Crippen LogP contribution in [0.1, 0.15) is 47.4 Å². The number of carbonyl (C=O) groups excluding carboxylic acids is 1. The van der Waals surface area contributed by atoms with Gasteiger partial charge in [-0.15, -0.1) is 0 Å². The van der Waals surface area contributed by atoms with Crippen molar-refractivity contribution < 1.29 is 37.0 Å². The lowest BCUT2D eigenvalue weighted by atomic mass is 10.1. The summed E-state index contributed by atoms with van der Waals surface area (Å²) in [5.74, 6) is -1.39. The highest BCUT2D eigenvalue weighted by Crippen LogP contribution is 2.36. The number of aromatic carboxylic acids is 1. The standard InChI is InChI=1S/C27H28N4O8S/c1-16-23(26(33)34)29-31(18-9-11-19(37-5)12-10-18)25(16)39-20-13-8-17(28-24(32)21-7-6-14-38-21)15-22(20)40(35,36)30-27(2,3)4/h6-15,30H,1-5H3,(H,28,32)(H,33,34). The summed E-state index contributed by atoms with van der Waals surface area (Å²) in [6, 6.07) is 13.7. The van der Waals surface area contributed by atoms with Gasteiger partial charge in [-0.2, -0.15) is 9.78 Å². The lowest BCUT2D eigenvalue weighted by molar-refractivity contribution is 0.0689. The summed E-state index contributed by atoms with van der Waals surface area (Å²) in [5.41, 5.74) is -0.336. The Balaban J connectivity index is 1.82. The maximum atomic E-state index is 13.5. The normalized spacial score (nSPS) is 11.7. The SMILES string of the molecule is COc1ccc(-n2nc(C(=O)O)c(C)c2Oc2ccc(NC(=O)c3ccco3)cc2S(=O)(=O)NC(C)(C)C)cc1. The van der Waals surface area contributed by atoms with Crippen LogP contribution in [0, 0.1) is 6.92 Å². The summed E-state index contributed by atoms with van der Waals surface area (Å²) in [4.78, 5) is 24.1. The third-order valence-corrected chi connectivity index (χ3v) is 7.25. The third kappa shape index (κ3) is 6.16. The molecule has 40 heavy (non-hydrogen) atoms. The van der Waals surface area contributed by atoms with E-state index < -0.39 is 27.4 Å². The van der Waals surface area contributed by atoms with E-state index in [1.165, 1.54) is 49.2 Å². The van der Waals surface area contributed by atoms with Gasteiger partial charge in [0.2, 0.25) is 15.9 Å². The molecule has 4 aromatic rings. The number of ether oxygens (including phenoxy) is 2. The number of amides is 1. The second-order valence-corrected chi connectivity index (χ2v) is 11.4. The van der Waals surface area contributed by atoms with Crippen molar-refractivity contribution in [1.82, 2.24) is 14.5 Å². The largest absolute Gasteiger partial charge is 0.497 e. The zero-order valence-corrected chi connectivity index (χ0v) is 23.2. The van der Waals surface area contributed by atoms with Gasteiger partial charge in [0.1, 0.15) is 16.4 Å². The highest BCUT2D eigenvalue weighted by molar-refractivity contribution is 7.89. The highest BCUT2D eigenvalue weighted by atomic mass is 32.2. The van der Waals surface area contributed by atoms with Crippen molar-refractivity contribution in [2.75, 3.05) is 12.4 Å². The maximum Gasteiger partial charge on any atom is 0.356 e. The zero-order chi connectivity index (χ0) is 29.2. The molecule has 12 nitrogen and oxygen atoms in total. The predicted molar refractivity (Wildman–Crippen MR) is 145 cm³/mol. The van der Waals surface area contributed by atoms with E-state index in [9.17, 15) is 23.1 Å². The summed E-state index contributed by atoms with van der Waals surface area (Å²) >= 11 is 0. The molecule has 210 valence electrons. The van der Waals surface area contributed by atoms with E-state index >= 15 is 0 Å². The van der Waals surface area contributed by atoms with Crippen molar-refractivity contribution in [3.05, 3.63) is 77.9 Å². The molecule has 2 aromatic carbocycles. The van der Waals surface area contributed by atoms with Crippen LogP contribution in [0.15, 0.2) is 70.2 Å². The van der Waals surface area contributed by atoms with E-state index in [1.54, 1.807) is 51.1 Å². The van der Waals surface area contributed by atoms with Crippen LogP contribution in [-0.2, 0) is 10.0 Å². The number of carboxylic acid groups (broad SMARTS) is 1. The van der Waals surface area contributed by atoms with E-state index in [0.29, 0.717) is 11.4 Å². The van der Waals surface area contributed by atoms with Crippen molar-refractivity contribution in [3.63, 3.8) is 0 Å². The molecular formula is C27H28N4O8S. The average molecular weight is 569 g/mol. The van der Waals surface area contributed by atoms with E-state index in [0.717, 1.165) is 0 Å². The molecule has 4 rings (SSSR count). The molecule has 0 radical (unpaired) electrons. The number of hydrogen-bond donors (Lipinski definition) is 3. The molecule has 0 saturated carbocycles. The Morgan fingerprint density at radius 1 is 1.07 bits per heavy atom. The molecule has 0 bridgehead atoms. The Bertz CT molecular complexity index is 1650.